The standard InChI is InChI=1S/C13H16N2O2/c1-9-4-2-5-10-11(9)15-12(16)17-13(10)6-3-7-14-8-13/h2,4-5,14H,3,6-8H2,1H3,(H,15,16). The molecule has 1 spiro atoms. The number of nitrogens with one attached hydrogen (secondary N) is 2. The zero-order valence-electron chi connectivity index (χ0n) is 9.88. The molecule has 17 heavy (non-hydrogen) atoms. The Hall–Kier alpha value is -1.55. The summed E-state index contributed by atoms with van der Waals surface area (Å²) in [6.45, 7) is 3.71. The highest BCUT2D eigenvalue weighted by Crippen LogP contribution is 2.41. The molecule has 1 saturated heterocycles. The van der Waals surface area contributed by atoms with Crippen molar-refractivity contribution < 1.29 is 9.53 Å². The van der Waals surface area contributed by atoms with Gasteiger partial charge < -0.3 is 10.1 Å². The van der Waals surface area contributed by atoms with Crippen LogP contribution in [-0.4, -0.2) is 19.2 Å². The summed E-state index contributed by atoms with van der Waals surface area (Å²) < 4.78 is 5.58. The third kappa shape index (κ3) is 1.60. The lowest BCUT2D eigenvalue weighted by Crippen LogP contribution is -2.50. The summed E-state index contributed by atoms with van der Waals surface area (Å²) in [5.74, 6) is 0. The molecule has 0 radical (unpaired) electrons. The van der Waals surface area contributed by atoms with Crippen LogP contribution in [0.4, 0.5) is 10.5 Å². The van der Waals surface area contributed by atoms with E-state index < -0.39 is 5.60 Å². The van der Waals surface area contributed by atoms with Gasteiger partial charge in [-0.05, 0) is 31.9 Å². The summed E-state index contributed by atoms with van der Waals surface area (Å²) in [5.41, 5.74) is 2.64. The predicted octanol–water partition coefficient (Wildman–Crippen LogP) is 2.14. The first kappa shape index (κ1) is 10.6. The lowest BCUT2D eigenvalue weighted by Gasteiger charge is -2.41. The van der Waals surface area contributed by atoms with E-state index in [2.05, 4.69) is 16.7 Å². The molecule has 0 aliphatic carbocycles. The van der Waals surface area contributed by atoms with Gasteiger partial charge >= 0.3 is 6.09 Å². The minimum atomic E-state index is -0.470. The van der Waals surface area contributed by atoms with E-state index in [1.165, 1.54) is 0 Å². The number of fused-ring (bicyclic) bond motifs is 2. The van der Waals surface area contributed by atoms with Crippen LogP contribution in [0.5, 0.6) is 0 Å². The first-order valence-corrected chi connectivity index (χ1v) is 6.02. The quantitative estimate of drug-likeness (QED) is 0.720. The summed E-state index contributed by atoms with van der Waals surface area (Å²) in [7, 11) is 0. The third-order valence-electron chi connectivity index (χ3n) is 3.62. The molecule has 2 N–H and O–H groups in total. The van der Waals surface area contributed by atoms with E-state index in [9.17, 15) is 4.79 Å². The zero-order chi connectivity index (χ0) is 11.9. The summed E-state index contributed by atoms with van der Waals surface area (Å²) in [5, 5.41) is 6.13. The van der Waals surface area contributed by atoms with Gasteiger partial charge in [-0.15, -0.1) is 0 Å². The normalized spacial score (nSPS) is 27.2. The van der Waals surface area contributed by atoms with Crippen molar-refractivity contribution in [3.63, 3.8) is 0 Å². The summed E-state index contributed by atoms with van der Waals surface area (Å²) >= 11 is 0. The second-order valence-corrected chi connectivity index (χ2v) is 4.79. The molecule has 4 nitrogen and oxygen atoms in total. The number of hydrogen-bond acceptors (Lipinski definition) is 3. The summed E-state index contributed by atoms with van der Waals surface area (Å²) in [6.07, 6.45) is 1.58. The molecule has 1 aromatic rings. The Bertz CT molecular complexity index is 464. The van der Waals surface area contributed by atoms with Crippen LogP contribution in [0.15, 0.2) is 18.2 Å². The SMILES string of the molecule is Cc1cccc2c1NC(=O)OC21CCCNC1. The number of carbonyl (C=O) groups excluding carboxylic acids is 1. The molecule has 3 rings (SSSR count). The molecule has 0 bridgehead atoms. The number of piperidine rings is 1. The molecule has 2 aliphatic heterocycles. The fraction of sp³-hybridized carbons (Fsp3) is 0.462. The van der Waals surface area contributed by atoms with Gasteiger partial charge in [-0.1, -0.05) is 18.2 Å². The summed E-state index contributed by atoms with van der Waals surface area (Å²) in [4.78, 5) is 11.7. The van der Waals surface area contributed by atoms with E-state index in [4.69, 9.17) is 4.74 Å². The van der Waals surface area contributed by atoms with Gasteiger partial charge in [0.15, 0.2) is 5.60 Å². The van der Waals surface area contributed by atoms with Crippen LogP contribution < -0.4 is 10.6 Å². The maximum atomic E-state index is 11.7. The second kappa shape index (κ2) is 3.74. The molecule has 1 atom stereocenters. The predicted molar refractivity (Wildman–Crippen MR) is 65.1 cm³/mol. The number of carbonyl (C=O) groups is 1. The lowest BCUT2D eigenvalue weighted by atomic mass is 9.83. The molecule has 2 aliphatic rings. The van der Waals surface area contributed by atoms with E-state index in [0.717, 1.165) is 36.2 Å². The minimum absolute atomic E-state index is 0.338. The highest BCUT2D eigenvalue weighted by atomic mass is 16.6. The maximum Gasteiger partial charge on any atom is 0.412 e. The maximum absolute atomic E-state index is 11.7. The zero-order valence-corrected chi connectivity index (χ0v) is 9.88. The highest BCUT2D eigenvalue weighted by Gasteiger charge is 2.43. The summed E-state index contributed by atoms with van der Waals surface area (Å²) in [6, 6.07) is 6.08. The molecule has 90 valence electrons. The van der Waals surface area contributed by atoms with Gasteiger partial charge in [0.25, 0.3) is 0 Å². The molecule has 1 unspecified atom stereocenters. The van der Waals surface area contributed by atoms with Gasteiger partial charge in [-0.2, -0.15) is 0 Å². The molecule has 1 fully saturated rings. The molecule has 0 saturated carbocycles. The van der Waals surface area contributed by atoms with Crippen LogP contribution in [0.3, 0.4) is 0 Å². The largest absolute Gasteiger partial charge is 0.436 e. The van der Waals surface area contributed by atoms with Gasteiger partial charge in [0.1, 0.15) is 0 Å². The topological polar surface area (TPSA) is 50.4 Å². The fourth-order valence-corrected chi connectivity index (χ4v) is 2.77. The van der Waals surface area contributed by atoms with Gasteiger partial charge in [-0.3, -0.25) is 5.32 Å². The number of benzene rings is 1. The number of anilines is 1. The average molecular weight is 232 g/mol. The molecule has 0 aromatic heterocycles. The van der Waals surface area contributed by atoms with Crippen molar-refractivity contribution in [1.82, 2.24) is 5.32 Å². The molecular weight excluding hydrogens is 216 g/mol. The highest BCUT2D eigenvalue weighted by molar-refractivity contribution is 5.90. The Morgan fingerprint density at radius 2 is 2.29 bits per heavy atom. The van der Waals surface area contributed by atoms with Gasteiger partial charge in [0.05, 0.1) is 5.69 Å². The lowest BCUT2D eigenvalue weighted by molar-refractivity contribution is -0.00730. The monoisotopic (exact) mass is 232 g/mol. The first-order valence-electron chi connectivity index (χ1n) is 6.02. The van der Waals surface area contributed by atoms with Crippen LogP contribution in [0.25, 0.3) is 0 Å². The van der Waals surface area contributed by atoms with Crippen molar-refractivity contribution in [2.75, 3.05) is 18.4 Å². The number of ether oxygens (including phenoxy) is 1. The van der Waals surface area contributed by atoms with Crippen molar-refractivity contribution in [3.05, 3.63) is 29.3 Å². The first-order chi connectivity index (χ1) is 8.21. The van der Waals surface area contributed by atoms with Gasteiger partial charge in [0, 0.05) is 12.1 Å². The molecular formula is C13H16N2O2. The van der Waals surface area contributed by atoms with Crippen LogP contribution in [0.1, 0.15) is 24.0 Å². The van der Waals surface area contributed by atoms with E-state index in [1.807, 2.05) is 19.1 Å². The van der Waals surface area contributed by atoms with E-state index >= 15 is 0 Å². The van der Waals surface area contributed by atoms with Crippen molar-refractivity contribution in [1.29, 1.82) is 0 Å². The number of rotatable bonds is 0. The van der Waals surface area contributed by atoms with Crippen molar-refractivity contribution in [2.45, 2.75) is 25.4 Å². The number of amides is 1. The average Bonchev–Trinajstić information content (AvgIpc) is 2.32. The van der Waals surface area contributed by atoms with E-state index in [1.54, 1.807) is 0 Å². The van der Waals surface area contributed by atoms with Crippen molar-refractivity contribution in [2.24, 2.45) is 0 Å². The van der Waals surface area contributed by atoms with Crippen LogP contribution in [0, 0.1) is 6.92 Å². The molecule has 4 heteroatoms. The third-order valence-corrected chi connectivity index (χ3v) is 3.62. The van der Waals surface area contributed by atoms with Crippen LogP contribution >= 0.6 is 0 Å². The number of para-hydroxylation sites is 1. The van der Waals surface area contributed by atoms with Gasteiger partial charge in [0.2, 0.25) is 0 Å². The van der Waals surface area contributed by atoms with Crippen LogP contribution in [0.2, 0.25) is 0 Å². The smallest absolute Gasteiger partial charge is 0.412 e. The van der Waals surface area contributed by atoms with E-state index in [0.29, 0.717) is 6.54 Å². The second-order valence-electron chi connectivity index (χ2n) is 4.79. The molecule has 1 aromatic carbocycles. The Morgan fingerprint density at radius 1 is 1.41 bits per heavy atom. The Labute approximate surface area is 100 Å². The molecule has 2 heterocycles. The minimum Gasteiger partial charge on any atom is -0.436 e. The molecule has 1 amide bonds. The Kier molecular flexibility index (Phi) is 2.33. The Balaban J connectivity index is 2.13. The van der Waals surface area contributed by atoms with Gasteiger partial charge in [-0.25, -0.2) is 4.79 Å². The van der Waals surface area contributed by atoms with Crippen molar-refractivity contribution in [3.8, 4) is 0 Å². The fourth-order valence-electron chi connectivity index (χ4n) is 2.77. The Morgan fingerprint density at radius 3 is 3.06 bits per heavy atom. The number of hydrogen-bond donors (Lipinski definition) is 2. The van der Waals surface area contributed by atoms with E-state index in [-0.39, 0.29) is 6.09 Å². The van der Waals surface area contributed by atoms with Crippen molar-refractivity contribution >= 4 is 11.8 Å². The number of aryl methyl sites for hydroxylation is 1. The van der Waals surface area contributed by atoms with Crippen LogP contribution in [-0.2, 0) is 10.3 Å².